The second kappa shape index (κ2) is 16.5. The number of methoxy groups -OCH3 is 1. The lowest BCUT2D eigenvalue weighted by molar-refractivity contribution is -0.140. The number of carbonyl (C=O) groups is 2. The van der Waals surface area contributed by atoms with Crippen molar-refractivity contribution in [1.82, 2.24) is 10.2 Å². The highest BCUT2D eigenvalue weighted by molar-refractivity contribution is 9.10. The van der Waals surface area contributed by atoms with Gasteiger partial charge in [-0.1, -0.05) is 101 Å². The summed E-state index contributed by atoms with van der Waals surface area (Å²) in [6, 6.07) is 28.1. The van der Waals surface area contributed by atoms with Crippen LogP contribution in [0.2, 0.25) is 0 Å². The van der Waals surface area contributed by atoms with Crippen LogP contribution in [0.15, 0.2) is 106 Å². The molecule has 49 heavy (non-hydrogen) atoms. The molecule has 1 fully saturated rings. The van der Waals surface area contributed by atoms with Crippen molar-refractivity contribution in [3.8, 4) is 5.75 Å². The fraction of sp³-hybridized carbons (Fsp3) is 0.333. The zero-order valence-electron chi connectivity index (χ0n) is 28.3. The predicted molar refractivity (Wildman–Crippen MR) is 197 cm³/mol. The normalized spacial score (nSPS) is 14.1. The summed E-state index contributed by atoms with van der Waals surface area (Å²) in [6.45, 7) is 3.28. The highest BCUT2D eigenvalue weighted by atomic mass is 79.9. The molecular weight excluding hydrogens is 702 g/mol. The highest BCUT2D eigenvalue weighted by Crippen LogP contribution is 2.34. The summed E-state index contributed by atoms with van der Waals surface area (Å²) >= 11 is 3.54. The van der Waals surface area contributed by atoms with Gasteiger partial charge < -0.3 is 15.0 Å². The van der Waals surface area contributed by atoms with Gasteiger partial charge in [0.1, 0.15) is 18.3 Å². The number of ether oxygens (including phenoxy) is 1. The number of halogens is 1. The molecule has 4 aromatic rings. The lowest BCUT2D eigenvalue weighted by atomic mass is 9.94. The SMILES string of the molecule is COc1ccc(C)cc1N(CC(=O)N(Cc1cccc(Br)c1)[C@@H](Cc1ccccc1)C(=O)NC1CCCCC1)S(=O)(=O)c1ccc(C)cc1. The van der Waals surface area contributed by atoms with Crippen LogP contribution in [0.4, 0.5) is 5.69 Å². The summed E-state index contributed by atoms with van der Waals surface area (Å²) in [4.78, 5) is 30.7. The van der Waals surface area contributed by atoms with Gasteiger partial charge in [-0.15, -0.1) is 0 Å². The molecule has 1 N–H and O–H groups in total. The van der Waals surface area contributed by atoms with Gasteiger partial charge in [0, 0.05) is 23.5 Å². The van der Waals surface area contributed by atoms with Crippen molar-refractivity contribution in [2.75, 3.05) is 18.0 Å². The van der Waals surface area contributed by atoms with E-state index in [4.69, 9.17) is 4.74 Å². The van der Waals surface area contributed by atoms with E-state index >= 15 is 0 Å². The van der Waals surface area contributed by atoms with E-state index in [2.05, 4.69) is 21.2 Å². The van der Waals surface area contributed by atoms with Crippen LogP contribution >= 0.6 is 15.9 Å². The maximum absolute atomic E-state index is 14.8. The van der Waals surface area contributed by atoms with Gasteiger partial charge in [-0.25, -0.2) is 8.42 Å². The molecule has 1 aliphatic rings. The third-order valence-corrected chi connectivity index (χ3v) is 11.2. The summed E-state index contributed by atoms with van der Waals surface area (Å²) < 4.78 is 36.5. The fourth-order valence-electron chi connectivity index (χ4n) is 6.28. The van der Waals surface area contributed by atoms with Gasteiger partial charge in [0.15, 0.2) is 0 Å². The monoisotopic (exact) mass is 745 g/mol. The molecule has 5 rings (SSSR count). The van der Waals surface area contributed by atoms with Crippen LogP contribution in [0, 0.1) is 13.8 Å². The van der Waals surface area contributed by atoms with Crippen LogP contribution in [0.25, 0.3) is 0 Å². The molecule has 1 atom stereocenters. The van der Waals surface area contributed by atoms with E-state index in [1.165, 1.54) is 12.0 Å². The summed E-state index contributed by atoms with van der Waals surface area (Å²) in [5.74, 6) is -0.456. The Bertz CT molecular complexity index is 1840. The van der Waals surface area contributed by atoms with Gasteiger partial charge >= 0.3 is 0 Å². The lowest BCUT2D eigenvalue weighted by Crippen LogP contribution is -2.55. The van der Waals surface area contributed by atoms with E-state index in [1.807, 2.05) is 74.5 Å². The van der Waals surface area contributed by atoms with Crippen LogP contribution in [0.5, 0.6) is 5.75 Å². The first-order chi connectivity index (χ1) is 23.5. The molecule has 2 amide bonds. The number of sulfonamides is 1. The number of hydrogen-bond donors (Lipinski definition) is 1. The van der Waals surface area contributed by atoms with Gasteiger partial charge in [-0.3, -0.25) is 13.9 Å². The van der Waals surface area contributed by atoms with Gasteiger partial charge in [-0.05, 0) is 79.8 Å². The van der Waals surface area contributed by atoms with E-state index in [-0.39, 0.29) is 35.5 Å². The molecule has 0 aromatic heterocycles. The van der Waals surface area contributed by atoms with Crippen LogP contribution in [-0.4, -0.2) is 50.9 Å². The van der Waals surface area contributed by atoms with Crippen LogP contribution in [0.3, 0.4) is 0 Å². The maximum Gasteiger partial charge on any atom is 0.264 e. The number of nitrogens with one attached hydrogen (secondary N) is 1. The average molecular weight is 747 g/mol. The van der Waals surface area contributed by atoms with E-state index in [0.717, 1.165) is 63.1 Å². The van der Waals surface area contributed by atoms with Crippen molar-refractivity contribution in [2.24, 2.45) is 0 Å². The number of carbonyl (C=O) groups excluding carboxylic acids is 2. The molecule has 1 saturated carbocycles. The second-order valence-electron chi connectivity index (χ2n) is 12.7. The summed E-state index contributed by atoms with van der Waals surface area (Å²) in [7, 11) is -2.79. The van der Waals surface area contributed by atoms with E-state index in [9.17, 15) is 18.0 Å². The van der Waals surface area contributed by atoms with Gasteiger partial charge in [0.2, 0.25) is 11.8 Å². The van der Waals surface area contributed by atoms with Gasteiger partial charge in [0.05, 0.1) is 17.7 Å². The molecule has 0 saturated heterocycles. The van der Waals surface area contributed by atoms with E-state index in [1.54, 1.807) is 36.4 Å². The second-order valence-corrected chi connectivity index (χ2v) is 15.5. The highest BCUT2D eigenvalue weighted by Gasteiger charge is 2.36. The van der Waals surface area contributed by atoms with E-state index in [0.29, 0.717) is 5.75 Å². The number of amides is 2. The molecule has 0 radical (unpaired) electrons. The van der Waals surface area contributed by atoms with Crippen molar-refractivity contribution in [3.63, 3.8) is 0 Å². The Hall–Kier alpha value is -4.15. The first-order valence-corrected chi connectivity index (χ1v) is 18.9. The predicted octanol–water partition coefficient (Wildman–Crippen LogP) is 7.36. The Morgan fingerprint density at radius 2 is 1.53 bits per heavy atom. The van der Waals surface area contributed by atoms with Crippen LogP contribution in [-0.2, 0) is 32.6 Å². The minimum Gasteiger partial charge on any atom is -0.495 e. The number of benzene rings is 4. The number of nitrogens with zero attached hydrogens (tertiary/aromatic N) is 2. The summed E-state index contributed by atoms with van der Waals surface area (Å²) in [5, 5.41) is 3.25. The number of aryl methyl sites for hydroxylation is 2. The molecule has 4 aromatic carbocycles. The van der Waals surface area contributed by atoms with Crippen molar-refractivity contribution in [2.45, 2.75) is 75.9 Å². The van der Waals surface area contributed by atoms with Crippen LogP contribution in [0.1, 0.15) is 54.4 Å². The smallest absolute Gasteiger partial charge is 0.264 e. The first-order valence-electron chi connectivity index (χ1n) is 16.7. The largest absolute Gasteiger partial charge is 0.495 e. The molecule has 258 valence electrons. The Balaban J connectivity index is 1.60. The van der Waals surface area contributed by atoms with Crippen molar-refractivity contribution in [1.29, 1.82) is 0 Å². The quantitative estimate of drug-likeness (QED) is 0.154. The van der Waals surface area contributed by atoms with E-state index < -0.39 is 28.5 Å². The topological polar surface area (TPSA) is 96.0 Å². The first kappa shape index (κ1) is 36.1. The Morgan fingerprint density at radius 1 is 0.857 bits per heavy atom. The zero-order chi connectivity index (χ0) is 35.0. The van der Waals surface area contributed by atoms with Crippen molar-refractivity contribution in [3.05, 3.63) is 124 Å². The number of rotatable bonds is 13. The third kappa shape index (κ3) is 9.30. The zero-order valence-corrected chi connectivity index (χ0v) is 30.7. The molecule has 0 bridgehead atoms. The van der Waals surface area contributed by atoms with Crippen molar-refractivity contribution >= 4 is 43.5 Å². The molecule has 1 aliphatic carbocycles. The fourth-order valence-corrected chi connectivity index (χ4v) is 8.14. The number of hydrogen-bond acceptors (Lipinski definition) is 5. The third-order valence-electron chi connectivity index (χ3n) is 8.96. The standard InChI is InChI=1S/C39H44BrN3O5S/c1-28-17-20-34(21-18-28)49(46,47)43(35-23-29(2)19-22-37(35)48-3)27-38(44)42(26-31-13-10-14-32(40)24-31)36(25-30-11-6-4-7-12-30)39(45)41-33-15-8-5-9-16-33/h4,6-7,10-14,17-24,33,36H,5,8-9,15-16,25-27H2,1-3H3,(H,41,45)/t36-/m0/s1. The molecule has 0 aliphatic heterocycles. The minimum atomic E-state index is -4.26. The van der Waals surface area contributed by atoms with Crippen LogP contribution < -0.4 is 14.4 Å². The Morgan fingerprint density at radius 3 is 2.20 bits per heavy atom. The molecule has 0 heterocycles. The molecule has 10 heteroatoms. The molecule has 0 spiro atoms. The average Bonchev–Trinajstić information content (AvgIpc) is 3.09. The number of anilines is 1. The summed E-state index contributed by atoms with van der Waals surface area (Å²) in [6.07, 6.45) is 5.26. The Kier molecular flexibility index (Phi) is 12.2. The summed E-state index contributed by atoms with van der Waals surface area (Å²) in [5.41, 5.74) is 3.63. The maximum atomic E-state index is 14.8. The van der Waals surface area contributed by atoms with Gasteiger partial charge in [-0.2, -0.15) is 0 Å². The molecule has 0 unspecified atom stereocenters. The van der Waals surface area contributed by atoms with Crippen molar-refractivity contribution < 1.29 is 22.7 Å². The Labute approximate surface area is 298 Å². The lowest BCUT2D eigenvalue weighted by Gasteiger charge is -2.35. The van der Waals surface area contributed by atoms with Gasteiger partial charge in [0.25, 0.3) is 10.0 Å². The minimum absolute atomic E-state index is 0.0253. The molecule has 8 nitrogen and oxygen atoms in total. The molecular formula is C39H44BrN3O5S.